The van der Waals surface area contributed by atoms with Gasteiger partial charge in [0.05, 0.1) is 0 Å². The highest BCUT2D eigenvalue weighted by molar-refractivity contribution is 5.47. The lowest BCUT2D eigenvalue weighted by atomic mass is 9.99. The summed E-state index contributed by atoms with van der Waals surface area (Å²) < 4.78 is 0. The summed E-state index contributed by atoms with van der Waals surface area (Å²) in [5.41, 5.74) is 1.25. The van der Waals surface area contributed by atoms with Gasteiger partial charge >= 0.3 is 0 Å². The van der Waals surface area contributed by atoms with E-state index in [2.05, 4.69) is 31.7 Å². The molecule has 3 rings (SSSR count). The number of aromatic nitrogens is 3. The fourth-order valence-corrected chi connectivity index (χ4v) is 2.30. The third-order valence-electron chi connectivity index (χ3n) is 3.30. The van der Waals surface area contributed by atoms with Gasteiger partial charge in [0.15, 0.2) is 0 Å². The van der Waals surface area contributed by atoms with E-state index in [1.165, 1.54) is 24.8 Å². The maximum absolute atomic E-state index is 4.42. The highest BCUT2D eigenvalue weighted by Gasteiger charge is 2.14. The van der Waals surface area contributed by atoms with Gasteiger partial charge in [-0.3, -0.25) is 0 Å². The molecule has 0 aromatic carbocycles. The number of hydrogen-bond donors (Lipinski definition) is 2. The average Bonchev–Trinajstić information content (AvgIpc) is 2.50. The number of anilines is 2. The molecule has 5 heteroatoms. The molecule has 0 bridgehead atoms. The molecular weight excluding hydrogens is 238 g/mol. The molecule has 1 aliphatic heterocycles. The molecule has 2 N–H and O–H groups in total. The van der Waals surface area contributed by atoms with Crippen molar-refractivity contribution in [2.45, 2.75) is 25.3 Å². The summed E-state index contributed by atoms with van der Waals surface area (Å²) in [5.74, 6) is 1.34. The van der Waals surface area contributed by atoms with E-state index in [0.717, 1.165) is 12.4 Å². The van der Waals surface area contributed by atoms with Crippen LogP contribution in [0.4, 0.5) is 11.8 Å². The van der Waals surface area contributed by atoms with Gasteiger partial charge in [0.1, 0.15) is 5.82 Å². The van der Waals surface area contributed by atoms with E-state index in [0.29, 0.717) is 12.0 Å². The molecule has 1 aliphatic rings. The van der Waals surface area contributed by atoms with Crippen molar-refractivity contribution < 1.29 is 0 Å². The zero-order chi connectivity index (χ0) is 12.9. The minimum absolute atomic E-state index is 0.447. The summed E-state index contributed by atoms with van der Waals surface area (Å²) in [4.78, 5) is 12.6. The molecule has 0 spiro atoms. The lowest BCUT2D eigenvalue weighted by molar-refractivity contribution is 0.411. The molecule has 2 aromatic rings. The van der Waals surface area contributed by atoms with Gasteiger partial charge < -0.3 is 10.6 Å². The summed E-state index contributed by atoms with van der Waals surface area (Å²) in [5, 5.41) is 6.60. The highest BCUT2D eigenvalue weighted by atomic mass is 15.1. The Kier molecular flexibility index (Phi) is 3.65. The van der Waals surface area contributed by atoms with Crippen molar-refractivity contribution in [2.24, 2.45) is 0 Å². The Hall–Kier alpha value is -2.01. The van der Waals surface area contributed by atoms with Crippen LogP contribution in [0.5, 0.6) is 0 Å². The highest BCUT2D eigenvalue weighted by Crippen LogP contribution is 2.23. The van der Waals surface area contributed by atoms with Gasteiger partial charge in [0.25, 0.3) is 0 Å². The molecule has 0 radical (unpaired) electrons. The number of piperidine rings is 1. The smallest absolute Gasteiger partial charge is 0.228 e. The summed E-state index contributed by atoms with van der Waals surface area (Å²) in [6.07, 6.45) is 9.08. The van der Waals surface area contributed by atoms with E-state index in [1.807, 2.05) is 12.3 Å². The van der Waals surface area contributed by atoms with Gasteiger partial charge in [-0.15, -0.1) is 0 Å². The second-order valence-corrected chi connectivity index (χ2v) is 4.68. The van der Waals surface area contributed by atoms with Crippen LogP contribution in [0.3, 0.4) is 0 Å². The minimum Gasteiger partial charge on any atom is -0.310 e. The predicted molar refractivity (Wildman–Crippen MR) is 74.1 cm³/mol. The number of nitrogens with zero attached hydrogens (tertiary/aromatic N) is 3. The Bertz CT molecular complexity index is 505. The van der Waals surface area contributed by atoms with Gasteiger partial charge in [0, 0.05) is 24.6 Å². The summed E-state index contributed by atoms with van der Waals surface area (Å²) >= 11 is 0. The fraction of sp³-hybridized carbons (Fsp3) is 0.357. The Balaban J connectivity index is 1.68. The number of nitrogens with one attached hydrogen (secondary N) is 2. The Morgan fingerprint density at radius 2 is 2.00 bits per heavy atom. The van der Waals surface area contributed by atoms with Crippen molar-refractivity contribution in [3.8, 4) is 0 Å². The molecule has 0 aliphatic carbocycles. The first kappa shape index (κ1) is 12.0. The van der Waals surface area contributed by atoms with E-state index in [4.69, 9.17) is 0 Å². The molecule has 1 atom stereocenters. The first-order valence-electron chi connectivity index (χ1n) is 6.65. The van der Waals surface area contributed by atoms with Gasteiger partial charge in [-0.1, -0.05) is 12.5 Å². The topological polar surface area (TPSA) is 62.7 Å². The molecule has 0 amide bonds. The van der Waals surface area contributed by atoms with Crippen LogP contribution in [0.15, 0.2) is 36.8 Å². The van der Waals surface area contributed by atoms with Crippen LogP contribution in [0.2, 0.25) is 0 Å². The van der Waals surface area contributed by atoms with Crippen LogP contribution in [-0.2, 0) is 0 Å². The van der Waals surface area contributed by atoms with Crippen molar-refractivity contribution in [1.29, 1.82) is 0 Å². The molecule has 98 valence electrons. The van der Waals surface area contributed by atoms with E-state index >= 15 is 0 Å². The summed E-state index contributed by atoms with van der Waals surface area (Å²) in [6.45, 7) is 1.10. The lowest BCUT2D eigenvalue weighted by Crippen LogP contribution is -2.26. The second-order valence-electron chi connectivity index (χ2n) is 4.68. The average molecular weight is 255 g/mol. The first-order valence-corrected chi connectivity index (χ1v) is 6.65. The maximum Gasteiger partial charge on any atom is 0.228 e. The predicted octanol–water partition coefficient (Wildman–Crippen LogP) is 2.43. The van der Waals surface area contributed by atoms with Crippen LogP contribution in [0.25, 0.3) is 0 Å². The van der Waals surface area contributed by atoms with E-state index < -0.39 is 0 Å². The van der Waals surface area contributed by atoms with Crippen LogP contribution in [0, 0.1) is 0 Å². The minimum atomic E-state index is 0.447. The van der Waals surface area contributed by atoms with Crippen LogP contribution in [-0.4, -0.2) is 21.5 Å². The maximum atomic E-state index is 4.42. The second kappa shape index (κ2) is 5.75. The molecule has 0 saturated carbocycles. The Labute approximate surface area is 112 Å². The molecular formula is C14H17N5. The summed E-state index contributed by atoms with van der Waals surface area (Å²) in [7, 11) is 0. The van der Waals surface area contributed by atoms with E-state index in [1.54, 1.807) is 18.5 Å². The number of hydrogen-bond acceptors (Lipinski definition) is 5. The molecule has 3 heterocycles. The monoisotopic (exact) mass is 255 g/mol. The zero-order valence-electron chi connectivity index (χ0n) is 10.7. The van der Waals surface area contributed by atoms with Crippen LogP contribution in [0.1, 0.15) is 30.9 Å². The molecule has 2 aromatic heterocycles. The SMILES string of the molecule is c1cnc(Nc2ccc(C3CCCCN3)cn2)nc1. The third kappa shape index (κ3) is 3.06. The van der Waals surface area contributed by atoms with Crippen molar-refractivity contribution in [3.63, 3.8) is 0 Å². The molecule has 1 saturated heterocycles. The van der Waals surface area contributed by atoms with Crippen LogP contribution < -0.4 is 10.6 Å². The molecule has 5 nitrogen and oxygen atoms in total. The first-order chi connectivity index (χ1) is 9.42. The Morgan fingerprint density at radius 3 is 2.68 bits per heavy atom. The van der Waals surface area contributed by atoms with E-state index in [9.17, 15) is 0 Å². The molecule has 19 heavy (non-hydrogen) atoms. The molecule has 1 fully saturated rings. The Morgan fingerprint density at radius 1 is 1.11 bits per heavy atom. The van der Waals surface area contributed by atoms with Gasteiger partial charge in [0.2, 0.25) is 5.95 Å². The lowest BCUT2D eigenvalue weighted by Gasteiger charge is -2.23. The fourth-order valence-electron chi connectivity index (χ4n) is 2.30. The van der Waals surface area contributed by atoms with Gasteiger partial charge in [-0.05, 0) is 37.1 Å². The van der Waals surface area contributed by atoms with Crippen molar-refractivity contribution in [1.82, 2.24) is 20.3 Å². The van der Waals surface area contributed by atoms with Gasteiger partial charge in [-0.2, -0.15) is 0 Å². The van der Waals surface area contributed by atoms with Crippen molar-refractivity contribution in [3.05, 3.63) is 42.4 Å². The summed E-state index contributed by atoms with van der Waals surface area (Å²) in [6, 6.07) is 6.32. The molecule has 1 unspecified atom stereocenters. The van der Waals surface area contributed by atoms with Crippen molar-refractivity contribution in [2.75, 3.05) is 11.9 Å². The largest absolute Gasteiger partial charge is 0.310 e. The van der Waals surface area contributed by atoms with Crippen LogP contribution >= 0.6 is 0 Å². The third-order valence-corrected chi connectivity index (χ3v) is 3.30. The standard InChI is InChI=1S/C14H17N5/c1-2-7-15-12(4-1)11-5-6-13(18-10-11)19-14-16-8-3-9-17-14/h3,5-6,8-10,12,15H,1-2,4,7H2,(H,16,17,18,19). The van der Waals surface area contributed by atoms with E-state index in [-0.39, 0.29) is 0 Å². The normalized spacial score (nSPS) is 19.1. The quantitative estimate of drug-likeness (QED) is 0.882. The zero-order valence-corrected chi connectivity index (χ0v) is 10.7. The number of rotatable bonds is 3. The van der Waals surface area contributed by atoms with Crippen molar-refractivity contribution >= 4 is 11.8 Å². The number of pyridine rings is 1. The van der Waals surface area contributed by atoms with Gasteiger partial charge in [-0.25, -0.2) is 15.0 Å².